The van der Waals surface area contributed by atoms with Crippen LogP contribution in [-0.4, -0.2) is 36.8 Å². The number of hydrogen-bond acceptors (Lipinski definition) is 8. The molecule has 1 atom stereocenters. The predicted octanol–water partition coefficient (Wildman–Crippen LogP) is 3.34. The fourth-order valence-electron chi connectivity index (χ4n) is 3.52. The summed E-state index contributed by atoms with van der Waals surface area (Å²) < 4.78 is 11.3. The van der Waals surface area contributed by atoms with Crippen molar-refractivity contribution < 1.29 is 13.9 Å². The fraction of sp³-hybridized carbons (Fsp3) is 0.348. The largest absolute Gasteiger partial charge is 0.444 e. The van der Waals surface area contributed by atoms with Gasteiger partial charge in [0, 0.05) is 40.5 Å². The summed E-state index contributed by atoms with van der Waals surface area (Å²) >= 11 is 1.15. The zero-order valence-electron chi connectivity index (χ0n) is 19.7. The first-order valence-corrected chi connectivity index (χ1v) is 11.9. The molecule has 0 saturated carbocycles. The SMILES string of the molecule is Cc1[nH]c(=O)[nH]c(=O)c1CSc1nnc(C(Cc2c[nH]c3ccccc23)NC(=O)OC(C)(C)C)o1. The molecule has 12 heteroatoms. The number of aromatic amines is 3. The van der Waals surface area contributed by atoms with Gasteiger partial charge in [-0.1, -0.05) is 30.0 Å². The number of aromatic nitrogens is 5. The van der Waals surface area contributed by atoms with Crippen LogP contribution in [0.15, 0.2) is 49.7 Å². The van der Waals surface area contributed by atoms with E-state index in [1.54, 1.807) is 27.7 Å². The Kier molecular flexibility index (Phi) is 6.83. The van der Waals surface area contributed by atoms with E-state index >= 15 is 0 Å². The molecule has 0 aliphatic carbocycles. The van der Waals surface area contributed by atoms with Crippen molar-refractivity contribution in [1.82, 2.24) is 30.5 Å². The number of thioether (sulfide) groups is 1. The lowest BCUT2D eigenvalue weighted by atomic mass is 10.1. The van der Waals surface area contributed by atoms with Gasteiger partial charge in [-0.15, -0.1) is 10.2 Å². The Morgan fingerprint density at radius 2 is 1.97 bits per heavy atom. The van der Waals surface area contributed by atoms with Crippen LogP contribution in [0.5, 0.6) is 0 Å². The quantitative estimate of drug-likeness (QED) is 0.282. The number of nitrogens with one attached hydrogen (secondary N) is 4. The predicted molar refractivity (Wildman–Crippen MR) is 130 cm³/mol. The third-order valence-electron chi connectivity index (χ3n) is 5.10. The van der Waals surface area contributed by atoms with Crippen LogP contribution in [0.2, 0.25) is 0 Å². The Hall–Kier alpha value is -3.80. The van der Waals surface area contributed by atoms with Crippen LogP contribution in [0.3, 0.4) is 0 Å². The molecule has 0 bridgehead atoms. The lowest BCUT2D eigenvalue weighted by molar-refractivity contribution is 0.0494. The van der Waals surface area contributed by atoms with E-state index < -0.39 is 29.0 Å². The Bertz CT molecular complexity index is 1460. The van der Waals surface area contributed by atoms with E-state index in [4.69, 9.17) is 9.15 Å². The van der Waals surface area contributed by atoms with Crippen LogP contribution in [0.1, 0.15) is 49.5 Å². The normalized spacial score (nSPS) is 12.6. The van der Waals surface area contributed by atoms with E-state index in [0.717, 1.165) is 28.2 Å². The van der Waals surface area contributed by atoms with Gasteiger partial charge >= 0.3 is 11.8 Å². The van der Waals surface area contributed by atoms with Crippen LogP contribution < -0.4 is 16.6 Å². The van der Waals surface area contributed by atoms with Crippen molar-refractivity contribution >= 4 is 28.8 Å². The van der Waals surface area contributed by atoms with Gasteiger partial charge in [-0.05, 0) is 39.3 Å². The number of aryl methyl sites for hydroxylation is 1. The van der Waals surface area contributed by atoms with E-state index in [2.05, 4.69) is 30.5 Å². The second-order valence-corrected chi connectivity index (χ2v) is 9.90. The molecule has 0 radical (unpaired) electrons. The van der Waals surface area contributed by atoms with Crippen molar-refractivity contribution in [2.75, 3.05) is 0 Å². The third kappa shape index (κ3) is 6.01. The maximum Gasteiger partial charge on any atom is 0.408 e. The van der Waals surface area contributed by atoms with Crippen molar-refractivity contribution in [3.8, 4) is 0 Å². The molecule has 1 aromatic carbocycles. The van der Waals surface area contributed by atoms with E-state index in [0.29, 0.717) is 17.7 Å². The maximum absolute atomic E-state index is 12.6. The van der Waals surface area contributed by atoms with Gasteiger partial charge in [-0.2, -0.15) is 0 Å². The van der Waals surface area contributed by atoms with Gasteiger partial charge in [0.1, 0.15) is 11.6 Å². The number of carbonyl (C=O) groups excluding carboxylic acids is 1. The third-order valence-corrected chi connectivity index (χ3v) is 5.95. The minimum atomic E-state index is -0.674. The summed E-state index contributed by atoms with van der Waals surface area (Å²) in [4.78, 5) is 44.0. The second-order valence-electron chi connectivity index (χ2n) is 8.97. The van der Waals surface area contributed by atoms with Crippen LogP contribution in [0.25, 0.3) is 10.9 Å². The van der Waals surface area contributed by atoms with Crippen molar-refractivity contribution in [2.24, 2.45) is 0 Å². The molecule has 0 fully saturated rings. The molecule has 3 aromatic heterocycles. The number of benzene rings is 1. The summed E-state index contributed by atoms with van der Waals surface area (Å²) in [7, 11) is 0. The molecule has 11 nitrogen and oxygen atoms in total. The molecule has 4 aromatic rings. The lowest BCUT2D eigenvalue weighted by Gasteiger charge is -2.22. The summed E-state index contributed by atoms with van der Waals surface area (Å²) in [6.45, 7) is 6.99. The smallest absolute Gasteiger partial charge is 0.408 e. The summed E-state index contributed by atoms with van der Waals surface area (Å²) in [5.41, 5.74) is 1.10. The zero-order valence-corrected chi connectivity index (χ0v) is 20.5. The molecular formula is C23H26N6O5S. The summed E-state index contributed by atoms with van der Waals surface area (Å²) in [5, 5.41) is 12.3. The molecular weight excluding hydrogens is 472 g/mol. The Labute approximate surface area is 204 Å². The van der Waals surface area contributed by atoms with Gasteiger partial charge in [0.15, 0.2) is 0 Å². The Morgan fingerprint density at radius 1 is 1.20 bits per heavy atom. The van der Waals surface area contributed by atoms with Crippen molar-refractivity contribution in [1.29, 1.82) is 0 Å². The first-order valence-electron chi connectivity index (χ1n) is 10.9. The van der Waals surface area contributed by atoms with Crippen molar-refractivity contribution in [3.63, 3.8) is 0 Å². The van der Waals surface area contributed by atoms with Crippen LogP contribution in [0.4, 0.5) is 4.79 Å². The molecule has 1 amide bonds. The van der Waals surface area contributed by atoms with E-state index in [1.165, 1.54) is 0 Å². The Balaban J connectivity index is 1.56. The van der Waals surface area contributed by atoms with E-state index in [1.807, 2.05) is 30.5 Å². The lowest BCUT2D eigenvalue weighted by Crippen LogP contribution is -2.36. The molecule has 0 saturated heterocycles. The van der Waals surface area contributed by atoms with Gasteiger partial charge in [0.2, 0.25) is 5.89 Å². The van der Waals surface area contributed by atoms with Crippen LogP contribution >= 0.6 is 11.8 Å². The molecule has 184 valence electrons. The molecule has 4 rings (SSSR count). The second kappa shape index (κ2) is 9.82. The molecule has 0 aliphatic heterocycles. The van der Waals surface area contributed by atoms with Gasteiger partial charge < -0.3 is 24.4 Å². The van der Waals surface area contributed by atoms with Gasteiger partial charge in [-0.3, -0.25) is 9.78 Å². The number of fused-ring (bicyclic) bond motifs is 1. The number of carbonyl (C=O) groups is 1. The van der Waals surface area contributed by atoms with Crippen molar-refractivity contribution in [3.05, 3.63) is 74.0 Å². The standard InChI is InChI=1S/C23H26N6O5S/c1-12-15(18(30)27-20(31)25-12)11-35-22-29-28-19(33-22)17(26-21(32)34-23(2,3)4)9-13-10-24-16-8-6-5-7-14(13)16/h5-8,10,17,24H,9,11H2,1-4H3,(H,26,32)(H2,25,27,30,31). The highest BCUT2D eigenvalue weighted by atomic mass is 32.2. The molecule has 0 aliphatic rings. The zero-order chi connectivity index (χ0) is 25.2. The number of amides is 1. The number of ether oxygens (including phenoxy) is 1. The number of H-pyrrole nitrogens is 3. The van der Waals surface area contributed by atoms with Gasteiger partial charge in [0.05, 0.1) is 0 Å². The average Bonchev–Trinajstić information content (AvgIpc) is 3.39. The highest BCUT2D eigenvalue weighted by Gasteiger charge is 2.26. The highest BCUT2D eigenvalue weighted by molar-refractivity contribution is 7.98. The van der Waals surface area contributed by atoms with Crippen LogP contribution in [-0.2, 0) is 16.9 Å². The monoisotopic (exact) mass is 498 g/mol. The average molecular weight is 499 g/mol. The molecule has 0 spiro atoms. The fourth-order valence-corrected chi connectivity index (χ4v) is 4.38. The van der Waals surface area contributed by atoms with Crippen LogP contribution in [0, 0.1) is 6.92 Å². The molecule has 3 heterocycles. The number of rotatable bonds is 7. The summed E-state index contributed by atoms with van der Waals surface area (Å²) in [6, 6.07) is 7.19. The number of alkyl carbamates (subject to hydrolysis) is 1. The number of para-hydroxylation sites is 1. The summed E-state index contributed by atoms with van der Waals surface area (Å²) in [5.74, 6) is 0.419. The van der Waals surface area contributed by atoms with Gasteiger partial charge in [-0.25, -0.2) is 9.59 Å². The minimum Gasteiger partial charge on any atom is -0.444 e. The first-order chi connectivity index (χ1) is 16.6. The first kappa shape index (κ1) is 24.3. The Morgan fingerprint density at radius 3 is 2.71 bits per heavy atom. The van der Waals surface area contributed by atoms with Gasteiger partial charge in [0.25, 0.3) is 10.8 Å². The number of hydrogen-bond donors (Lipinski definition) is 4. The van der Waals surface area contributed by atoms with Crippen molar-refractivity contribution in [2.45, 2.75) is 56.7 Å². The molecule has 35 heavy (non-hydrogen) atoms. The maximum atomic E-state index is 12.6. The van der Waals surface area contributed by atoms with E-state index in [-0.39, 0.29) is 16.9 Å². The topological polar surface area (TPSA) is 159 Å². The molecule has 4 N–H and O–H groups in total. The van der Waals surface area contributed by atoms with E-state index in [9.17, 15) is 14.4 Å². The number of nitrogens with zero attached hydrogens (tertiary/aromatic N) is 2. The minimum absolute atomic E-state index is 0.204. The molecule has 1 unspecified atom stereocenters. The highest BCUT2D eigenvalue weighted by Crippen LogP contribution is 2.27. The summed E-state index contributed by atoms with van der Waals surface area (Å²) in [6.07, 6.45) is 1.66.